The Morgan fingerprint density at radius 2 is 2.00 bits per heavy atom. The van der Waals surface area contributed by atoms with E-state index in [1.54, 1.807) is 19.9 Å². The number of amides is 1. The minimum absolute atomic E-state index is 0.171. The fourth-order valence-electron chi connectivity index (χ4n) is 2.16. The molecule has 0 aliphatic carbocycles. The van der Waals surface area contributed by atoms with Crippen LogP contribution in [0.2, 0.25) is 0 Å². The van der Waals surface area contributed by atoms with E-state index in [1.165, 1.54) is 0 Å². The molecule has 0 saturated heterocycles. The molecule has 1 heterocycles. The summed E-state index contributed by atoms with van der Waals surface area (Å²) in [7, 11) is 0. The molecular formula is C12H22N3O2. The summed E-state index contributed by atoms with van der Waals surface area (Å²) in [5.41, 5.74) is 4.48. The van der Waals surface area contributed by atoms with Gasteiger partial charge in [-0.1, -0.05) is 6.08 Å². The van der Waals surface area contributed by atoms with Gasteiger partial charge in [0, 0.05) is 12.1 Å². The molecule has 0 fully saturated rings. The fourth-order valence-corrected chi connectivity index (χ4v) is 2.16. The molecule has 1 aliphatic rings. The third-order valence-electron chi connectivity index (χ3n) is 3.10. The molecule has 17 heavy (non-hydrogen) atoms. The van der Waals surface area contributed by atoms with Crippen molar-refractivity contribution in [1.29, 1.82) is 0 Å². The first-order chi connectivity index (χ1) is 7.73. The predicted octanol–water partition coefficient (Wildman–Crippen LogP) is 0.596. The van der Waals surface area contributed by atoms with Crippen molar-refractivity contribution in [2.24, 2.45) is 5.73 Å². The summed E-state index contributed by atoms with van der Waals surface area (Å²) in [6, 6.07) is 0. The molecule has 0 aromatic carbocycles. The van der Waals surface area contributed by atoms with Gasteiger partial charge in [0.05, 0.1) is 11.1 Å². The standard InChI is InChI=1S/C12H22N3O2/c1-11(2)8-9(12(3,4)15(11)17)10(16)14-7-5-6-13/h8H,5-7,13H2,1-4H3,(H,14,16). The third-order valence-corrected chi connectivity index (χ3v) is 3.10. The quantitative estimate of drug-likeness (QED) is 0.706. The fraction of sp³-hybridized carbons (Fsp3) is 0.750. The summed E-state index contributed by atoms with van der Waals surface area (Å²) in [5, 5.41) is 15.8. The van der Waals surface area contributed by atoms with Gasteiger partial charge in [0.2, 0.25) is 5.91 Å². The predicted molar refractivity (Wildman–Crippen MR) is 65.4 cm³/mol. The lowest BCUT2D eigenvalue weighted by Crippen LogP contribution is -2.48. The maximum atomic E-state index is 12.1. The van der Waals surface area contributed by atoms with E-state index in [9.17, 15) is 10.0 Å². The summed E-state index contributed by atoms with van der Waals surface area (Å²) in [6.07, 6.45) is 2.49. The van der Waals surface area contributed by atoms with E-state index in [2.05, 4.69) is 5.32 Å². The van der Waals surface area contributed by atoms with E-state index in [1.807, 2.05) is 13.8 Å². The van der Waals surface area contributed by atoms with Gasteiger partial charge in [0.1, 0.15) is 0 Å². The second-order valence-corrected chi connectivity index (χ2v) is 5.46. The van der Waals surface area contributed by atoms with Gasteiger partial charge in [-0.25, -0.2) is 0 Å². The highest BCUT2D eigenvalue weighted by atomic mass is 16.5. The van der Waals surface area contributed by atoms with E-state index >= 15 is 0 Å². The zero-order valence-corrected chi connectivity index (χ0v) is 11.0. The number of nitrogens with two attached hydrogens (primary N) is 1. The molecule has 97 valence electrons. The Bertz CT molecular complexity index is 335. The summed E-state index contributed by atoms with van der Waals surface area (Å²) in [4.78, 5) is 12.0. The van der Waals surface area contributed by atoms with Crippen LogP contribution >= 0.6 is 0 Å². The van der Waals surface area contributed by atoms with E-state index < -0.39 is 11.1 Å². The van der Waals surface area contributed by atoms with Gasteiger partial charge in [-0.05, 0) is 40.7 Å². The maximum absolute atomic E-state index is 12.1. The van der Waals surface area contributed by atoms with Crippen LogP contribution in [-0.2, 0) is 10.0 Å². The second kappa shape index (κ2) is 4.76. The molecule has 0 saturated carbocycles. The van der Waals surface area contributed by atoms with Gasteiger partial charge < -0.3 is 11.1 Å². The van der Waals surface area contributed by atoms with Crippen LogP contribution in [0, 0.1) is 0 Å². The largest absolute Gasteiger partial charge is 0.352 e. The van der Waals surface area contributed by atoms with Crippen LogP contribution in [0.1, 0.15) is 34.1 Å². The molecule has 0 spiro atoms. The van der Waals surface area contributed by atoms with Crippen molar-refractivity contribution in [3.63, 3.8) is 0 Å². The van der Waals surface area contributed by atoms with Crippen molar-refractivity contribution in [1.82, 2.24) is 10.4 Å². The van der Waals surface area contributed by atoms with Crippen molar-refractivity contribution < 1.29 is 10.0 Å². The molecule has 0 bridgehead atoms. The lowest BCUT2D eigenvalue weighted by molar-refractivity contribution is -0.238. The van der Waals surface area contributed by atoms with Crippen molar-refractivity contribution in [2.45, 2.75) is 45.2 Å². The number of rotatable bonds is 4. The molecule has 1 rings (SSSR count). The van der Waals surface area contributed by atoms with E-state index in [4.69, 9.17) is 5.73 Å². The second-order valence-electron chi connectivity index (χ2n) is 5.46. The molecule has 3 N–H and O–H groups in total. The number of carbonyl (C=O) groups excluding carboxylic acids is 1. The number of hydrogen-bond donors (Lipinski definition) is 2. The summed E-state index contributed by atoms with van der Waals surface area (Å²) >= 11 is 0. The van der Waals surface area contributed by atoms with E-state index in [-0.39, 0.29) is 5.91 Å². The third kappa shape index (κ3) is 2.68. The molecular weight excluding hydrogens is 218 g/mol. The molecule has 5 heteroatoms. The Balaban J connectivity index is 2.79. The minimum Gasteiger partial charge on any atom is -0.352 e. The topological polar surface area (TPSA) is 78.3 Å². The molecule has 5 nitrogen and oxygen atoms in total. The van der Waals surface area contributed by atoms with Crippen molar-refractivity contribution in [3.8, 4) is 0 Å². The minimum atomic E-state index is -0.781. The average molecular weight is 240 g/mol. The molecule has 1 radical (unpaired) electrons. The zero-order valence-electron chi connectivity index (χ0n) is 11.0. The van der Waals surface area contributed by atoms with Gasteiger partial charge in [-0.2, -0.15) is 0 Å². The summed E-state index contributed by atoms with van der Waals surface area (Å²) in [6.45, 7) is 8.24. The van der Waals surface area contributed by atoms with Gasteiger partial charge >= 0.3 is 0 Å². The number of carbonyl (C=O) groups is 1. The molecule has 0 aromatic rings. The van der Waals surface area contributed by atoms with Crippen LogP contribution in [-0.4, -0.2) is 35.1 Å². The van der Waals surface area contributed by atoms with Gasteiger partial charge in [0.15, 0.2) is 0 Å². The molecule has 0 unspecified atom stereocenters. The van der Waals surface area contributed by atoms with Crippen LogP contribution in [0.15, 0.2) is 11.6 Å². The van der Waals surface area contributed by atoms with Crippen LogP contribution in [0.4, 0.5) is 0 Å². The number of nitrogens with zero attached hydrogens (tertiary/aromatic N) is 1. The van der Waals surface area contributed by atoms with E-state index in [0.717, 1.165) is 11.5 Å². The van der Waals surface area contributed by atoms with Crippen molar-refractivity contribution in [3.05, 3.63) is 11.6 Å². The average Bonchev–Trinajstić information content (AvgIpc) is 2.39. The van der Waals surface area contributed by atoms with Gasteiger partial charge in [-0.15, -0.1) is 10.3 Å². The highest BCUT2D eigenvalue weighted by molar-refractivity contribution is 5.96. The molecule has 1 amide bonds. The monoisotopic (exact) mass is 240 g/mol. The van der Waals surface area contributed by atoms with Crippen molar-refractivity contribution >= 4 is 5.91 Å². The summed E-state index contributed by atoms with van der Waals surface area (Å²) < 4.78 is 0. The summed E-state index contributed by atoms with van der Waals surface area (Å²) in [5.74, 6) is -0.171. The zero-order chi connectivity index (χ0) is 13.3. The SMILES string of the molecule is CC1(C)C=C(C(=O)NCCCN)C(C)(C)N1[O]. The number of hydroxylamine groups is 2. The van der Waals surface area contributed by atoms with Crippen LogP contribution in [0.3, 0.4) is 0 Å². The molecule has 0 atom stereocenters. The first-order valence-corrected chi connectivity index (χ1v) is 5.92. The number of nitrogens with one attached hydrogen (secondary N) is 1. The highest BCUT2D eigenvalue weighted by Gasteiger charge is 2.48. The van der Waals surface area contributed by atoms with Crippen LogP contribution < -0.4 is 11.1 Å². The van der Waals surface area contributed by atoms with Crippen molar-refractivity contribution in [2.75, 3.05) is 13.1 Å². The maximum Gasteiger partial charge on any atom is 0.248 e. The Morgan fingerprint density at radius 1 is 1.41 bits per heavy atom. The Kier molecular flexibility index (Phi) is 3.96. The first-order valence-electron chi connectivity index (χ1n) is 5.92. The molecule has 0 aromatic heterocycles. The normalized spacial score (nSPS) is 22.4. The molecule has 1 aliphatic heterocycles. The van der Waals surface area contributed by atoms with Gasteiger partial charge in [0.25, 0.3) is 0 Å². The first kappa shape index (κ1) is 14.2. The van der Waals surface area contributed by atoms with E-state index in [0.29, 0.717) is 18.7 Å². The lowest BCUT2D eigenvalue weighted by Gasteiger charge is -2.33. The number of hydrogen-bond acceptors (Lipinski definition) is 3. The highest BCUT2D eigenvalue weighted by Crippen LogP contribution is 2.38. The Labute approximate surface area is 103 Å². The van der Waals surface area contributed by atoms with Gasteiger partial charge in [-0.3, -0.25) is 4.79 Å². The Morgan fingerprint density at radius 3 is 2.41 bits per heavy atom. The van der Waals surface area contributed by atoms with Crippen LogP contribution in [0.25, 0.3) is 0 Å². The van der Waals surface area contributed by atoms with Crippen LogP contribution in [0.5, 0.6) is 0 Å². The Hall–Kier alpha value is -0.910. The smallest absolute Gasteiger partial charge is 0.248 e. The lowest BCUT2D eigenvalue weighted by atomic mass is 9.96.